The van der Waals surface area contributed by atoms with Crippen molar-refractivity contribution in [1.82, 2.24) is 4.90 Å². The molecule has 2 aromatic rings. The second-order valence-electron chi connectivity index (χ2n) is 6.49. The van der Waals surface area contributed by atoms with E-state index >= 15 is 0 Å². The number of rotatable bonds is 5. The Morgan fingerprint density at radius 3 is 2.70 bits per heavy atom. The molecule has 1 aliphatic heterocycles. The summed E-state index contributed by atoms with van der Waals surface area (Å²) < 4.78 is 5.79. The van der Waals surface area contributed by atoms with Gasteiger partial charge in [-0.25, -0.2) is 0 Å². The Morgan fingerprint density at radius 1 is 1.13 bits per heavy atom. The molecule has 0 aliphatic carbocycles. The Labute approximate surface area is 138 Å². The zero-order valence-electron chi connectivity index (χ0n) is 14.0. The van der Waals surface area contributed by atoms with Crippen molar-refractivity contribution in [2.75, 3.05) is 19.7 Å². The van der Waals surface area contributed by atoms with Crippen molar-refractivity contribution >= 4 is 0 Å². The highest BCUT2D eigenvalue weighted by atomic mass is 16.5. The van der Waals surface area contributed by atoms with Gasteiger partial charge in [-0.05, 0) is 43.0 Å². The molecule has 0 saturated heterocycles. The molecule has 122 valence electrons. The summed E-state index contributed by atoms with van der Waals surface area (Å²) in [5.41, 5.74) is 5.15. The highest BCUT2D eigenvalue weighted by molar-refractivity contribution is 5.35. The number of aryl methyl sites for hydroxylation is 2. The monoisotopic (exact) mass is 311 g/mol. The zero-order valence-corrected chi connectivity index (χ0v) is 14.0. The molecular weight excluding hydrogens is 286 g/mol. The van der Waals surface area contributed by atoms with Gasteiger partial charge >= 0.3 is 0 Å². The van der Waals surface area contributed by atoms with Crippen LogP contribution in [0.25, 0.3) is 0 Å². The first-order valence-corrected chi connectivity index (χ1v) is 8.29. The molecule has 3 rings (SSSR count). The summed E-state index contributed by atoms with van der Waals surface area (Å²) >= 11 is 0. The average molecular weight is 311 g/mol. The summed E-state index contributed by atoms with van der Waals surface area (Å²) in [5.74, 6) is 0.860. The molecule has 0 bridgehead atoms. The first kappa shape index (κ1) is 16.0. The third-order valence-electron chi connectivity index (χ3n) is 4.44. The SMILES string of the molecule is Cc1ccc(OC[C@@H](O)CN2CCc3ccccc3C2)c(C)c1. The van der Waals surface area contributed by atoms with Crippen molar-refractivity contribution in [1.29, 1.82) is 0 Å². The minimum Gasteiger partial charge on any atom is -0.491 e. The van der Waals surface area contributed by atoms with Gasteiger partial charge in [0.05, 0.1) is 0 Å². The zero-order chi connectivity index (χ0) is 16.2. The lowest BCUT2D eigenvalue weighted by Crippen LogP contribution is -2.38. The number of hydrogen-bond acceptors (Lipinski definition) is 3. The minimum absolute atomic E-state index is 0.335. The minimum atomic E-state index is -0.471. The predicted molar refractivity (Wildman–Crippen MR) is 92.8 cm³/mol. The fraction of sp³-hybridized carbons (Fsp3) is 0.400. The molecule has 1 heterocycles. The summed E-state index contributed by atoms with van der Waals surface area (Å²) in [5, 5.41) is 10.3. The molecule has 1 atom stereocenters. The van der Waals surface area contributed by atoms with Crippen molar-refractivity contribution in [3.05, 3.63) is 64.7 Å². The van der Waals surface area contributed by atoms with E-state index in [0.717, 1.165) is 30.8 Å². The lowest BCUT2D eigenvalue weighted by atomic mass is 10.00. The maximum atomic E-state index is 10.3. The number of fused-ring (bicyclic) bond motifs is 1. The Morgan fingerprint density at radius 2 is 1.91 bits per heavy atom. The van der Waals surface area contributed by atoms with Gasteiger partial charge in [-0.1, -0.05) is 42.0 Å². The van der Waals surface area contributed by atoms with Gasteiger partial charge in [-0.15, -0.1) is 0 Å². The largest absolute Gasteiger partial charge is 0.491 e. The van der Waals surface area contributed by atoms with Crippen LogP contribution in [0.15, 0.2) is 42.5 Å². The van der Waals surface area contributed by atoms with E-state index in [-0.39, 0.29) is 0 Å². The highest BCUT2D eigenvalue weighted by Gasteiger charge is 2.18. The van der Waals surface area contributed by atoms with Crippen LogP contribution in [-0.4, -0.2) is 35.8 Å². The molecule has 0 radical (unpaired) electrons. The molecule has 0 amide bonds. The number of hydrogen-bond donors (Lipinski definition) is 1. The number of β-amino-alcohol motifs (C(OH)–C–C–N with tert-alkyl or cyclic N) is 1. The number of ether oxygens (including phenoxy) is 1. The number of aliphatic hydroxyl groups excluding tert-OH is 1. The van der Waals surface area contributed by atoms with Crippen LogP contribution in [0.2, 0.25) is 0 Å². The van der Waals surface area contributed by atoms with Crippen molar-refractivity contribution in [2.24, 2.45) is 0 Å². The smallest absolute Gasteiger partial charge is 0.122 e. The van der Waals surface area contributed by atoms with E-state index in [1.807, 2.05) is 19.1 Å². The molecule has 0 saturated carbocycles. The summed E-state index contributed by atoms with van der Waals surface area (Å²) in [4.78, 5) is 2.30. The highest BCUT2D eigenvalue weighted by Crippen LogP contribution is 2.20. The van der Waals surface area contributed by atoms with Crippen LogP contribution in [0, 0.1) is 13.8 Å². The van der Waals surface area contributed by atoms with E-state index in [0.29, 0.717) is 13.2 Å². The Balaban J connectivity index is 1.51. The molecule has 0 spiro atoms. The van der Waals surface area contributed by atoms with Gasteiger partial charge in [0, 0.05) is 19.6 Å². The van der Waals surface area contributed by atoms with E-state index < -0.39 is 6.10 Å². The van der Waals surface area contributed by atoms with E-state index in [2.05, 4.69) is 42.2 Å². The van der Waals surface area contributed by atoms with Gasteiger partial charge in [0.1, 0.15) is 18.5 Å². The second-order valence-corrected chi connectivity index (χ2v) is 6.49. The van der Waals surface area contributed by atoms with Crippen LogP contribution >= 0.6 is 0 Å². The van der Waals surface area contributed by atoms with Gasteiger partial charge in [0.2, 0.25) is 0 Å². The van der Waals surface area contributed by atoms with Gasteiger partial charge in [-0.3, -0.25) is 4.90 Å². The van der Waals surface area contributed by atoms with Gasteiger partial charge in [-0.2, -0.15) is 0 Å². The summed E-state index contributed by atoms with van der Waals surface area (Å²) in [6.07, 6.45) is 0.585. The standard InChI is InChI=1S/C20H25NO2/c1-15-7-8-20(16(2)11-15)23-14-19(22)13-21-10-9-17-5-3-4-6-18(17)12-21/h3-8,11,19,22H,9-10,12-14H2,1-2H3/t19-/m0/s1. The lowest BCUT2D eigenvalue weighted by molar-refractivity contribution is 0.0635. The molecule has 23 heavy (non-hydrogen) atoms. The first-order valence-electron chi connectivity index (χ1n) is 8.29. The Bertz CT molecular complexity index is 668. The topological polar surface area (TPSA) is 32.7 Å². The Kier molecular flexibility index (Phi) is 4.99. The molecular formula is C20H25NO2. The van der Waals surface area contributed by atoms with Crippen LogP contribution in [0.3, 0.4) is 0 Å². The molecule has 3 heteroatoms. The third-order valence-corrected chi connectivity index (χ3v) is 4.44. The molecule has 1 aliphatic rings. The van der Waals surface area contributed by atoms with Crippen LogP contribution in [-0.2, 0) is 13.0 Å². The fourth-order valence-electron chi connectivity index (χ4n) is 3.21. The molecule has 3 nitrogen and oxygen atoms in total. The van der Waals surface area contributed by atoms with Crippen LogP contribution in [0.1, 0.15) is 22.3 Å². The van der Waals surface area contributed by atoms with Gasteiger partial charge in [0.25, 0.3) is 0 Å². The second kappa shape index (κ2) is 7.16. The first-order chi connectivity index (χ1) is 11.1. The van der Waals surface area contributed by atoms with Crippen molar-refractivity contribution < 1.29 is 9.84 Å². The number of aliphatic hydroxyl groups is 1. The van der Waals surface area contributed by atoms with Gasteiger partial charge < -0.3 is 9.84 Å². The lowest BCUT2D eigenvalue weighted by Gasteiger charge is -2.30. The molecule has 0 aromatic heterocycles. The summed E-state index contributed by atoms with van der Waals surface area (Å²) in [7, 11) is 0. The molecule has 0 unspecified atom stereocenters. The van der Waals surface area contributed by atoms with Gasteiger partial charge in [0.15, 0.2) is 0 Å². The summed E-state index contributed by atoms with van der Waals surface area (Å²) in [6.45, 7) is 7.01. The van der Waals surface area contributed by atoms with E-state index in [4.69, 9.17) is 4.74 Å². The van der Waals surface area contributed by atoms with Crippen LogP contribution in [0.4, 0.5) is 0 Å². The normalized spacial score (nSPS) is 16.0. The molecule has 2 aromatic carbocycles. The fourth-order valence-corrected chi connectivity index (χ4v) is 3.21. The third kappa shape index (κ3) is 4.12. The van der Waals surface area contributed by atoms with E-state index in [1.165, 1.54) is 16.7 Å². The maximum Gasteiger partial charge on any atom is 0.122 e. The van der Waals surface area contributed by atoms with Crippen molar-refractivity contribution in [3.8, 4) is 5.75 Å². The quantitative estimate of drug-likeness (QED) is 0.921. The van der Waals surface area contributed by atoms with Crippen LogP contribution < -0.4 is 4.74 Å². The van der Waals surface area contributed by atoms with Crippen molar-refractivity contribution in [3.63, 3.8) is 0 Å². The number of nitrogens with zero attached hydrogens (tertiary/aromatic N) is 1. The van der Waals surface area contributed by atoms with Crippen molar-refractivity contribution in [2.45, 2.75) is 32.9 Å². The van der Waals surface area contributed by atoms with E-state index in [9.17, 15) is 5.11 Å². The average Bonchev–Trinajstić information content (AvgIpc) is 2.54. The Hall–Kier alpha value is -1.84. The van der Waals surface area contributed by atoms with E-state index in [1.54, 1.807) is 0 Å². The van der Waals surface area contributed by atoms with Crippen LogP contribution in [0.5, 0.6) is 5.75 Å². The maximum absolute atomic E-state index is 10.3. The summed E-state index contributed by atoms with van der Waals surface area (Å²) in [6, 6.07) is 14.7. The number of benzene rings is 2. The molecule has 0 fully saturated rings. The molecule has 1 N–H and O–H groups in total. The predicted octanol–water partition coefficient (Wildman–Crippen LogP) is 3.10.